The summed E-state index contributed by atoms with van der Waals surface area (Å²) >= 11 is 0. The van der Waals surface area contributed by atoms with Crippen molar-refractivity contribution in [3.63, 3.8) is 0 Å². The van der Waals surface area contributed by atoms with E-state index in [0.717, 1.165) is 17.7 Å². The number of carbonyl (C=O) groups excluding carboxylic acids is 1. The molecule has 0 atom stereocenters. The van der Waals surface area contributed by atoms with Crippen LogP contribution in [0.4, 0.5) is 0 Å². The summed E-state index contributed by atoms with van der Waals surface area (Å²) in [6, 6.07) is 5.59. The lowest BCUT2D eigenvalue weighted by atomic mass is 10.1. The topological polar surface area (TPSA) is 69.0 Å². The number of hydrogen-bond acceptors (Lipinski definition) is 4. The van der Waals surface area contributed by atoms with Crippen molar-refractivity contribution < 1.29 is 9.53 Å². The Morgan fingerprint density at radius 2 is 2.23 bits per heavy atom. The fraction of sp³-hybridized carbons (Fsp3) is 0.438. The van der Waals surface area contributed by atoms with Crippen molar-refractivity contribution in [3.8, 4) is 5.69 Å². The van der Waals surface area contributed by atoms with Crippen LogP contribution < -0.4 is 5.32 Å². The molecule has 1 aromatic carbocycles. The van der Waals surface area contributed by atoms with E-state index in [1.54, 1.807) is 11.0 Å². The standard InChI is InChI=1S/C16H22N4O2/c1-12(2)22-8-4-7-18-16(21)15-6-5-14(9-13(15)3)20-11-17-10-19-20/h5-6,9-12H,4,7-8H2,1-3H3,(H,18,21). The first-order valence-electron chi connectivity index (χ1n) is 7.43. The van der Waals surface area contributed by atoms with Crippen LogP contribution in [0.25, 0.3) is 5.69 Å². The van der Waals surface area contributed by atoms with E-state index < -0.39 is 0 Å². The van der Waals surface area contributed by atoms with Crippen LogP contribution >= 0.6 is 0 Å². The summed E-state index contributed by atoms with van der Waals surface area (Å²) in [5.74, 6) is -0.0628. The van der Waals surface area contributed by atoms with Gasteiger partial charge in [0.2, 0.25) is 0 Å². The second-order valence-corrected chi connectivity index (χ2v) is 5.37. The maximum Gasteiger partial charge on any atom is 0.251 e. The van der Waals surface area contributed by atoms with Crippen LogP contribution in [-0.2, 0) is 4.74 Å². The van der Waals surface area contributed by atoms with E-state index in [9.17, 15) is 4.79 Å². The van der Waals surface area contributed by atoms with Gasteiger partial charge in [-0.25, -0.2) is 9.67 Å². The molecule has 1 amide bonds. The van der Waals surface area contributed by atoms with Crippen molar-refractivity contribution in [2.24, 2.45) is 0 Å². The van der Waals surface area contributed by atoms with Gasteiger partial charge in [-0.05, 0) is 51.0 Å². The zero-order valence-electron chi connectivity index (χ0n) is 13.2. The summed E-state index contributed by atoms with van der Waals surface area (Å²) in [6.07, 6.45) is 4.14. The van der Waals surface area contributed by atoms with Crippen molar-refractivity contribution in [3.05, 3.63) is 42.0 Å². The Morgan fingerprint density at radius 1 is 1.41 bits per heavy atom. The molecule has 1 N–H and O–H groups in total. The maximum absolute atomic E-state index is 12.2. The largest absolute Gasteiger partial charge is 0.379 e. The zero-order chi connectivity index (χ0) is 15.9. The fourth-order valence-electron chi connectivity index (χ4n) is 2.08. The Kier molecular flexibility index (Phi) is 5.66. The number of aromatic nitrogens is 3. The first-order chi connectivity index (χ1) is 10.6. The Bertz CT molecular complexity index is 609. The van der Waals surface area contributed by atoms with Crippen LogP contribution in [0.5, 0.6) is 0 Å². The molecule has 0 fully saturated rings. The highest BCUT2D eigenvalue weighted by Gasteiger charge is 2.09. The smallest absolute Gasteiger partial charge is 0.251 e. The van der Waals surface area contributed by atoms with Gasteiger partial charge in [0.25, 0.3) is 5.91 Å². The molecule has 0 saturated carbocycles. The summed E-state index contributed by atoms with van der Waals surface area (Å²) in [5, 5.41) is 6.99. The van der Waals surface area contributed by atoms with Gasteiger partial charge in [0.15, 0.2) is 0 Å². The van der Waals surface area contributed by atoms with Crippen LogP contribution in [0.15, 0.2) is 30.9 Å². The number of benzene rings is 1. The molecule has 0 aliphatic heterocycles. The summed E-state index contributed by atoms with van der Waals surface area (Å²) in [5.41, 5.74) is 2.47. The molecule has 1 aromatic heterocycles. The molecule has 0 aliphatic rings. The lowest BCUT2D eigenvalue weighted by Crippen LogP contribution is -2.26. The molecule has 0 saturated heterocycles. The monoisotopic (exact) mass is 302 g/mol. The van der Waals surface area contributed by atoms with Crippen LogP contribution in [0.2, 0.25) is 0 Å². The molecule has 0 spiro atoms. The van der Waals surface area contributed by atoms with Gasteiger partial charge in [-0.3, -0.25) is 4.79 Å². The van der Waals surface area contributed by atoms with E-state index in [1.807, 2.05) is 39.0 Å². The minimum absolute atomic E-state index is 0.0628. The van der Waals surface area contributed by atoms with E-state index in [0.29, 0.717) is 18.7 Å². The number of amides is 1. The summed E-state index contributed by atoms with van der Waals surface area (Å²) < 4.78 is 7.11. The molecule has 6 nitrogen and oxygen atoms in total. The minimum Gasteiger partial charge on any atom is -0.379 e. The van der Waals surface area contributed by atoms with Crippen LogP contribution in [0.1, 0.15) is 36.2 Å². The molecule has 2 rings (SSSR count). The van der Waals surface area contributed by atoms with Crippen molar-refractivity contribution in [1.82, 2.24) is 20.1 Å². The third kappa shape index (κ3) is 4.39. The predicted octanol–water partition coefficient (Wildman–Crippen LogP) is 2.12. The highest BCUT2D eigenvalue weighted by Crippen LogP contribution is 2.13. The molecule has 6 heteroatoms. The van der Waals surface area contributed by atoms with E-state index in [2.05, 4.69) is 15.4 Å². The van der Waals surface area contributed by atoms with Gasteiger partial charge < -0.3 is 10.1 Å². The molecule has 0 bridgehead atoms. The van der Waals surface area contributed by atoms with Crippen molar-refractivity contribution in [2.45, 2.75) is 33.3 Å². The van der Waals surface area contributed by atoms with Crippen molar-refractivity contribution in [2.75, 3.05) is 13.2 Å². The molecule has 2 aromatic rings. The first-order valence-corrected chi connectivity index (χ1v) is 7.43. The molecule has 0 aliphatic carbocycles. The summed E-state index contributed by atoms with van der Waals surface area (Å²) in [7, 11) is 0. The van der Waals surface area contributed by atoms with E-state index in [1.165, 1.54) is 6.33 Å². The molecular weight excluding hydrogens is 280 g/mol. The van der Waals surface area contributed by atoms with Gasteiger partial charge in [0.05, 0.1) is 11.8 Å². The Balaban J connectivity index is 1.90. The number of carbonyl (C=O) groups is 1. The minimum atomic E-state index is -0.0628. The van der Waals surface area contributed by atoms with Crippen molar-refractivity contribution in [1.29, 1.82) is 0 Å². The second kappa shape index (κ2) is 7.70. The van der Waals surface area contributed by atoms with Gasteiger partial charge >= 0.3 is 0 Å². The second-order valence-electron chi connectivity index (χ2n) is 5.37. The van der Waals surface area contributed by atoms with Crippen LogP contribution in [-0.4, -0.2) is 39.9 Å². The quantitative estimate of drug-likeness (QED) is 0.795. The van der Waals surface area contributed by atoms with Crippen LogP contribution in [0.3, 0.4) is 0 Å². The van der Waals surface area contributed by atoms with Crippen LogP contribution in [0, 0.1) is 6.92 Å². The highest BCUT2D eigenvalue weighted by molar-refractivity contribution is 5.95. The normalized spacial score (nSPS) is 10.9. The average Bonchev–Trinajstić information content (AvgIpc) is 3.00. The summed E-state index contributed by atoms with van der Waals surface area (Å²) in [6.45, 7) is 7.17. The lowest BCUT2D eigenvalue weighted by molar-refractivity contribution is 0.0757. The number of hydrogen-bond donors (Lipinski definition) is 1. The molecule has 118 valence electrons. The van der Waals surface area contributed by atoms with Gasteiger partial charge in [-0.1, -0.05) is 0 Å². The van der Waals surface area contributed by atoms with E-state index in [4.69, 9.17) is 4.74 Å². The zero-order valence-corrected chi connectivity index (χ0v) is 13.2. The molecule has 1 heterocycles. The Hall–Kier alpha value is -2.21. The highest BCUT2D eigenvalue weighted by atomic mass is 16.5. The third-order valence-electron chi connectivity index (χ3n) is 3.20. The Labute approximate surface area is 130 Å². The summed E-state index contributed by atoms with van der Waals surface area (Å²) in [4.78, 5) is 16.1. The molecule has 0 unspecified atom stereocenters. The predicted molar refractivity (Wildman–Crippen MR) is 84.1 cm³/mol. The van der Waals surface area contributed by atoms with Gasteiger partial charge in [0, 0.05) is 18.7 Å². The van der Waals surface area contributed by atoms with Crippen molar-refractivity contribution >= 4 is 5.91 Å². The van der Waals surface area contributed by atoms with E-state index >= 15 is 0 Å². The SMILES string of the molecule is Cc1cc(-n2cncn2)ccc1C(=O)NCCCOC(C)C. The van der Waals surface area contributed by atoms with Gasteiger partial charge in [-0.2, -0.15) is 5.10 Å². The number of ether oxygens (including phenoxy) is 1. The fourth-order valence-corrected chi connectivity index (χ4v) is 2.08. The molecule has 0 radical (unpaired) electrons. The number of nitrogens with one attached hydrogen (secondary N) is 1. The molecule has 22 heavy (non-hydrogen) atoms. The molecular formula is C16H22N4O2. The van der Waals surface area contributed by atoms with E-state index in [-0.39, 0.29) is 12.0 Å². The third-order valence-corrected chi connectivity index (χ3v) is 3.20. The average molecular weight is 302 g/mol. The first kappa shape index (κ1) is 16.2. The number of rotatable bonds is 7. The van der Waals surface area contributed by atoms with Gasteiger partial charge in [0.1, 0.15) is 12.7 Å². The Morgan fingerprint density at radius 3 is 2.86 bits per heavy atom. The number of nitrogens with zero attached hydrogens (tertiary/aromatic N) is 3. The lowest BCUT2D eigenvalue weighted by Gasteiger charge is -2.10. The van der Waals surface area contributed by atoms with Gasteiger partial charge in [-0.15, -0.1) is 0 Å². The number of aryl methyl sites for hydroxylation is 1. The maximum atomic E-state index is 12.2.